The van der Waals surface area contributed by atoms with Crippen molar-refractivity contribution in [2.45, 2.75) is 26.8 Å². The molecule has 0 aliphatic heterocycles. The molecule has 22 heavy (non-hydrogen) atoms. The fraction of sp³-hybridized carbons (Fsp3) is 0.312. The van der Waals surface area contributed by atoms with Crippen molar-refractivity contribution in [3.05, 3.63) is 53.1 Å². The van der Waals surface area contributed by atoms with Crippen LogP contribution in [0.3, 0.4) is 0 Å². The maximum absolute atomic E-state index is 12.0. The summed E-state index contributed by atoms with van der Waals surface area (Å²) in [5.74, 6) is -0.118. The molecule has 4 N–H and O–H groups in total. The minimum Gasteiger partial charge on any atom is -0.396 e. The quantitative estimate of drug-likeness (QED) is 0.522. The van der Waals surface area contributed by atoms with Crippen molar-refractivity contribution in [1.82, 2.24) is 10.3 Å². The molecule has 1 aromatic heterocycles. The van der Waals surface area contributed by atoms with Crippen LogP contribution in [0.25, 0.3) is 0 Å². The number of nitrogens with zero attached hydrogens (tertiary/aromatic N) is 2. The summed E-state index contributed by atoms with van der Waals surface area (Å²) in [4.78, 5) is 20.2. The maximum atomic E-state index is 12.0. The number of hydrogen-bond acceptors (Lipinski definition) is 5. The van der Waals surface area contributed by atoms with Gasteiger partial charge in [-0.3, -0.25) is 9.78 Å². The minimum absolute atomic E-state index is 0.0887. The van der Waals surface area contributed by atoms with E-state index < -0.39 is 0 Å². The Morgan fingerprint density at radius 2 is 2.23 bits per heavy atom. The van der Waals surface area contributed by atoms with Gasteiger partial charge in [0, 0.05) is 19.0 Å². The second kappa shape index (κ2) is 9.46. The van der Waals surface area contributed by atoms with Gasteiger partial charge in [0.05, 0.1) is 17.8 Å². The molecule has 118 valence electrons. The van der Waals surface area contributed by atoms with Gasteiger partial charge >= 0.3 is 0 Å². The Morgan fingerprint density at radius 3 is 2.86 bits per heavy atom. The molecular weight excluding hydrogens is 280 g/mol. The number of amides is 1. The van der Waals surface area contributed by atoms with Crippen LogP contribution in [0.15, 0.2) is 52.4 Å². The van der Waals surface area contributed by atoms with Gasteiger partial charge in [0.2, 0.25) is 0 Å². The summed E-state index contributed by atoms with van der Waals surface area (Å²) >= 11 is 0. The highest BCUT2D eigenvalue weighted by Crippen LogP contribution is 2.02. The number of aliphatic hydroxyl groups is 1. The van der Waals surface area contributed by atoms with Crippen LogP contribution in [0.1, 0.15) is 26.0 Å². The molecule has 0 fully saturated rings. The Kier molecular flexibility index (Phi) is 7.56. The first kappa shape index (κ1) is 17.6. The fourth-order valence-electron chi connectivity index (χ4n) is 1.54. The first-order valence-electron chi connectivity index (χ1n) is 7.00. The van der Waals surface area contributed by atoms with E-state index in [1.54, 1.807) is 19.3 Å². The van der Waals surface area contributed by atoms with E-state index in [9.17, 15) is 4.79 Å². The summed E-state index contributed by atoms with van der Waals surface area (Å²) in [7, 11) is 0. The number of nitrogens with two attached hydrogens (primary N) is 1. The SMILES string of the molecule is CC(=C/CCO)/C=N/C(N)=C(\C)C(=O)NCc1ccccn1. The molecule has 1 amide bonds. The van der Waals surface area contributed by atoms with Crippen LogP contribution in [0, 0.1) is 0 Å². The van der Waals surface area contributed by atoms with Gasteiger partial charge < -0.3 is 16.2 Å². The van der Waals surface area contributed by atoms with Crippen LogP contribution in [0.5, 0.6) is 0 Å². The molecule has 0 aliphatic carbocycles. The highest BCUT2D eigenvalue weighted by atomic mass is 16.2. The summed E-state index contributed by atoms with van der Waals surface area (Å²) in [6.45, 7) is 3.89. The number of pyridine rings is 1. The third-order valence-corrected chi connectivity index (χ3v) is 2.88. The summed E-state index contributed by atoms with van der Waals surface area (Å²) in [6, 6.07) is 5.50. The van der Waals surface area contributed by atoms with Crippen LogP contribution < -0.4 is 11.1 Å². The molecule has 0 aliphatic rings. The molecule has 1 heterocycles. The number of carbonyl (C=O) groups is 1. The third-order valence-electron chi connectivity index (χ3n) is 2.88. The lowest BCUT2D eigenvalue weighted by atomic mass is 10.2. The molecule has 1 aromatic rings. The normalized spacial score (nSPS) is 13.1. The standard InChI is InChI=1S/C16H22N4O2/c1-12(6-5-9-21)10-19-15(17)13(2)16(22)20-11-14-7-3-4-8-18-14/h3-4,6-8,10,21H,5,9,11,17H2,1-2H3,(H,20,22)/b12-6-,15-13+,19-10+. The lowest BCUT2D eigenvalue weighted by Gasteiger charge is -2.06. The number of aliphatic imine (C=N–C) groups is 1. The molecule has 6 heteroatoms. The van der Waals surface area contributed by atoms with Gasteiger partial charge in [-0.2, -0.15) is 0 Å². The van der Waals surface area contributed by atoms with Gasteiger partial charge in [0.1, 0.15) is 5.82 Å². The molecule has 1 rings (SSSR count). The van der Waals surface area contributed by atoms with Gasteiger partial charge in [0.15, 0.2) is 0 Å². The van der Waals surface area contributed by atoms with E-state index in [0.29, 0.717) is 18.5 Å². The van der Waals surface area contributed by atoms with Crippen molar-refractivity contribution in [3.8, 4) is 0 Å². The van der Waals surface area contributed by atoms with Crippen LogP contribution in [0.2, 0.25) is 0 Å². The summed E-state index contributed by atoms with van der Waals surface area (Å²) in [6.07, 6.45) is 5.64. The van der Waals surface area contributed by atoms with Crippen LogP contribution in [0.4, 0.5) is 0 Å². The Labute approximate surface area is 130 Å². The smallest absolute Gasteiger partial charge is 0.250 e. The van der Waals surface area contributed by atoms with Gasteiger partial charge in [0.25, 0.3) is 5.91 Å². The largest absolute Gasteiger partial charge is 0.396 e. The monoisotopic (exact) mass is 302 g/mol. The number of aliphatic hydroxyl groups excluding tert-OH is 1. The first-order chi connectivity index (χ1) is 10.5. The predicted molar refractivity (Wildman–Crippen MR) is 86.9 cm³/mol. The molecule has 0 aromatic carbocycles. The highest BCUT2D eigenvalue weighted by molar-refractivity contribution is 5.93. The molecular formula is C16H22N4O2. The van der Waals surface area contributed by atoms with E-state index in [1.807, 2.05) is 31.2 Å². The van der Waals surface area contributed by atoms with Gasteiger partial charge in [-0.15, -0.1) is 0 Å². The van der Waals surface area contributed by atoms with Gasteiger partial charge in [-0.25, -0.2) is 4.99 Å². The first-order valence-corrected chi connectivity index (χ1v) is 7.00. The zero-order valence-electron chi connectivity index (χ0n) is 12.9. The molecule has 0 radical (unpaired) electrons. The number of aromatic nitrogens is 1. The zero-order valence-corrected chi connectivity index (χ0v) is 12.9. The van der Waals surface area contributed by atoms with E-state index >= 15 is 0 Å². The average molecular weight is 302 g/mol. The Morgan fingerprint density at radius 1 is 1.45 bits per heavy atom. The number of carbonyl (C=O) groups excluding carboxylic acids is 1. The van der Waals surface area contributed by atoms with Crippen molar-refractivity contribution >= 4 is 12.1 Å². The number of hydrogen-bond donors (Lipinski definition) is 3. The molecule has 0 spiro atoms. The van der Waals surface area contributed by atoms with E-state index in [2.05, 4.69) is 15.3 Å². The highest BCUT2D eigenvalue weighted by Gasteiger charge is 2.07. The summed E-state index contributed by atoms with van der Waals surface area (Å²) < 4.78 is 0. The van der Waals surface area contributed by atoms with Gasteiger partial charge in [-0.05, 0) is 38.0 Å². The Bertz CT molecular complexity index is 577. The molecule has 0 bridgehead atoms. The third kappa shape index (κ3) is 6.32. The Balaban J connectivity index is 2.61. The second-order valence-corrected chi connectivity index (χ2v) is 4.73. The van der Waals surface area contributed by atoms with Crippen LogP contribution in [-0.4, -0.2) is 28.8 Å². The summed E-state index contributed by atoms with van der Waals surface area (Å²) in [5, 5.41) is 11.5. The fourth-order valence-corrected chi connectivity index (χ4v) is 1.54. The summed E-state index contributed by atoms with van der Waals surface area (Å²) in [5.41, 5.74) is 7.79. The topological polar surface area (TPSA) is 101 Å². The van der Waals surface area contributed by atoms with E-state index in [1.165, 1.54) is 0 Å². The van der Waals surface area contributed by atoms with Gasteiger partial charge in [-0.1, -0.05) is 12.1 Å². The number of nitrogens with one attached hydrogen (secondary N) is 1. The zero-order chi connectivity index (χ0) is 16.4. The van der Waals surface area contributed by atoms with Crippen molar-refractivity contribution in [1.29, 1.82) is 0 Å². The van der Waals surface area contributed by atoms with E-state index in [-0.39, 0.29) is 18.3 Å². The van der Waals surface area contributed by atoms with E-state index in [0.717, 1.165) is 11.3 Å². The predicted octanol–water partition coefficient (Wildman–Crippen LogP) is 1.29. The lowest BCUT2D eigenvalue weighted by Crippen LogP contribution is -2.25. The number of allylic oxidation sites excluding steroid dienone is 1. The van der Waals surface area contributed by atoms with Crippen LogP contribution in [-0.2, 0) is 11.3 Å². The van der Waals surface area contributed by atoms with Crippen molar-refractivity contribution in [2.75, 3.05) is 6.61 Å². The average Bonchev–Trinajstić information content (AvgIpc) is 2.55. The molecule has 6 nitrogen and oxygen atoms in total. The molecule has 0 atom stereocenters. The molecule has 0 unspecified atom stereocenters. The van der Waals surface area contributed by atoms with Crippen molar-refractivity contribution in [3.63, 3.8) is 0 Å². The number of rotatable bonds is 7. The molecule has 0 saturated carbocycles. The maximum Gasteiger partial charge on any atom is 0.250 e. The molecule has 0 saturated heterocycles. The Hall–Kier alpha value is -2.47. The van der Waals surface area contributed by atoms with Crippen molar-refractivity contribution in [2.24, 2.45) is 10.7 Å². The minimum atomic E-state index is -0.280. The van der Waals surface area contributed by atoms with E-state index in [4.69, 9.17) is 10.8 Å². The van der Waals surface area contributed by atoms with Crippen LogP contribution >= 0.6 is 0 Å². The van der Waals surface area contributed by atoms with Crippen molar-refractivity contribution < 1.29 is 9.90 Å². The lowest BCUT2D eigenvalue weighted by molar-refractivity contribution is -0.117. The second-order valence-electron chi connectivity index (χ2n) is 4.73.